The quantitative estimate of drug-likeness (QED) is 0.621. The van der Waals surface area contributed by atoms with E-state index in [1.54, 1.807) is 36.1 Å². The largest absolute Gasteiger partial charge is 0.513 e. The van der Waals surface area contributed by atoms with Gasteiger partial charge in [-0.25, -0.2) is 4.79 Å². The first kappa shape index (κ1) is 19.8. The molecule has 0 bridgehead atoms. The van der Waals surface area contributed by atoms with Gasteiger partial charge in [-0.05, 0) is 50.5 Å². The number of hydrogen-bond acceptors (Lipinski definition) is 5. The molecule has 2 amide bonds. The van der Waals surface area contributed by atoms with Gasteiger partial charge in [0.05, 0.1) is 6.61 Å². The molecule has 7 heteroatoms. The first-order chi connectivity index (χ1) is 12.5. The summed E-state index contributed by atoms with van der Waals surface area (Å²) in [5.41, 5.74) is 0.537. The van der Waals surface area contributed by atoms with Crippen LogP contribution in [0.2, 0.25) is 0 Å². The van der Waals surface area contributed by atoms with Crippen molar-refractivity contribution in [1.29, 1.82) is 0 Å². The van der Waals surface area contributed by atoms with Crippen LogP contribution in [-0.4, -0.2) is 48.6 Å². The molecule has 2 rings (SSSR count). The van der Waals surface area contributed by atoms with Gasteiger partial charge in [-0.2, -0.15) is 0 Å². The van der Waals surface area contributed by atoms with Gasteiger partial charge in [-0.3, -0.25) is 9.59 Å². The minimum Gasteiger partial charge on any atom is -0.434 e. The molecule has 1 aliphatic heterocycles. The van der Waals surface area contributed by atoms with Crippen LogP contribution in [0.5, 0.6) is 5.75 Å². The molecular weight excluding hydrogens is 336 g/mol. The van der Waals surface area contributed by atoms with Crippen molar-refractivity contribution >= 4 is 18.0 Å². The van der Waals surface area contributed by atoms with E-state index < -0.39 is 6.16 Å². The molecule has 1 fully saturated rings. The predicted molar refractivity (Wildman–Crippen MR) is 96.1 cm³/mol. The Bertz CT molecular complexity index is 621. The van der Waals surface area contributed by atoms with E-state index >= 15 is 0 Å². The fraction of sp³-hybridized carbons (Fsp3) is 0.526. The molecule has 1 aliphatic rings. The Balaban J connectivity index is 1.84. The van der Waals surface area contributed by atoms with Gasteiger partial charge in [0.1, 0.15) is 5.75 Å². The van der Waals surface area contributed by atoms with Gasteiger partial charge in [0.25, 0.3) is 5.91 Å². The summed E-state index contributed by atoms with van der Waals surface area (Å²) in [7, 11) is 0. The summed E-state index contributed by atoms with van der Waals surface area (Å²) in [6.45, 7) is 5.13. The molecule has 1 N–H and O–H groups in total. The van der Waals surface area contributed by atoms with E-state index in [-0.39, 0.29) is 24.5 Å². The topological polar surface area (TPSA) is 84.9 Å². The second-order valence-corrected chi connectivity index (χ2v) is 6.19. The Kier molecular flexibility index (Phi) is 7.44. The van der Waals surface area contributed by atoms with Crippen LogP contribution in [0.4, 0.5) is 4.79 Å². The average molecular weight is 362 g/mol. The number of piperidine rings is 1. The Morgan fingerprint density at radius 3 is 2.35 bits per heavy atom. The molecule has 26 heavy (non-hydrogen) atoms. The summed E-state index contributed by atoms with van der Waals surface area (Å²) in [6.07, 6.45) is 2.12. The van der Waals surface area contributed by atoms with Crippen LogP contribution in [-0.2, 0) is 9.53 Å². The second kappa shape index (κ2) is 9.79. The van der Waals surface area contributed by atoms with Crippen LogP contribution in [0.15, 0.2) is 24.3 Å². The molecule has 1 heterocycles. The lowest BCUT2D eigenvalue weighted by Gasteiger charge is -2.32. The zero-order chi connectivity index (χ0) is 18.9. The number of ether oxygens (including phenoxy) is 2. The number of likely N-dealkylation sites (tertiary alicyclic amines) is 1. The van der Waals surface area contributed by atoms with Gasteiger partial charge in [-0.15, -0.1) is 0 Å². The SMILES string of the molecule is CCCC(=O)NC1CCN(C(=O)c2ccc(OC(=O)OCC)cc2)CC1. The lowest BCUT2D eigenvalue weighted by atomic mass is 10.0. The van der Waals surface area contributed by atoms with Gasteiger partial charge in [-0.1, -0.05) is 6.92 Å². The van der Waals surface area contributed by atoms with E-state index in [4.69, 9.17) is 9.47 Å². The van der Waals surface area contributed by atoms with Crippen molar-refractivity contribution in [1.82, 2.24) is 10.2 Å². The van der Waals surface area contributed by atoms with Crippen LogP contribution in [0, 0.1) is 0 Å². The van der Waals surface area contributed by atoms with Crippen molar-refractivity contribution in [2.45, 2.75) is 45.6 Å². The zero-order valence-corrected chi connectivity index (χ0v) is 15.3. The smallest absolute Gasteiger partial charge is 0.434 e. The zero-order valence-electron chi connectivity index (χ0n) is 15.3. The first-order valence-corrected chi connectivity index (χ1v) is 9.06. The van der Waals surface area contributed by atoms with Gasteiger partial charge in [0.15, 0.2) is 0 Å². The Labute approximate surface area is 153 Å². The fourth-order valence-corrected chi connectivity index (χ4v) is 2.85. The molecule has 0 aromatic heterocycles. The lowest BCUT2D eigenvalue weighted by Crippen LogP contribution is -2.46. The molecule has 0 radical (unpaired) electrons. The van der Waals surface area contributed by atoms with Crippen molar-refractivity contribution in [3.05, 3.63) is 29.8 Å². The number of nitrogens with one attached hydrogen (secondary N) is 1. The van der Waals surface area contributed by atoms with E-state index in [1.165, 1.54) is 0 Å². The Hall–Kier alpha value is -2.57. The van der Waals surface area contributed by atoms with Crippen LogP contribution in [0.25, 0.3) is 0 Å². The lowest BCUT2D eigenvalue weighted by molar-refractivity contribution is -0.122. The highest BCUT2D eigenvalue weighted by Gasteiger charge is 2.24. The van der Waals surface area contributed by atoms with Crippen LogP contribution in [0.3, 0.4) is 0 Å². The number of carbonyl (C=O) groups is 3. The Morgan fingerprint density at radius 2 is 1.77 bits per heavy atom. The molecule has 7 nitrogen and oxygen atoms in total. The van der Waals surface area contributed by atoms with Crippen LogP contribution in [0.1, 0.15) is 49.9 Å². The highest BCUT2D eigenvalue weighted by atomic mass is 16.7. The van der Waals surface area contributed by atoms with Gasteiger partial charge in [0, 0.05) is 31.1 Å². The molecule has 1 aromatic rings. The summed E-state index contributed by atoms with van der Waals surface area (Å²) in [4.78, 5) is 37.3. The number of rotatable bonds is 6. The number of amides is 2. The first-order valence-electron chi connectivity index (χ1n) is 9.06. The number of carbonyl (C=O) groups excluding carboxylic acids is 3. The summed E-state index contributed by atoms with van der Waals surface area (Å²) in [5.74, 6) is 0.345. The fourth-order valence-electron chi connectivity index (χ4n) is 2.85. The van der Waals surface area contributed by atoms with E-state index in [2.05, 4.69) is 5.32 Å². The van der Waals surface area contributed by atoms with Gasteiger partial charge in [0.2, 0.25) is 5.91 Å². The molecule has 0 saturated carbocycles. The minimum absolute atomic E-state index is 0.0639. The normalized spacial score (nSPS) is 14.6. The molecular formula is C19H26N2O5. The number of nitrogens with zero attached hydrogens (tertiary/aromatic N) is 1. The molecule has 1 saturated heterocycles. The molecule has 142 valence electrons. The summed E-state index contributed by atoms with van der Waals surface area (Å²) in [6, 6.07) is 6.54. The summed E-state index contributed by atoms with van der Waals surface area (Å²) < 4.78 is 9.68. The molecule has 0 spiro atoms. The maximum absolute atomic E-state index is 12.6. The van der Waals surface area contributed by atoms with E-state index in [0.29, 0.717) is 30.8 Å². The van der Waals surface area contributed by atoms with E-state index in [1.807, 2.05) is 6.92 Å². The predicted octanol–water partition coefficient (Wildman–Crippen LogP) is 2.74. The average Bonchev–Trinajstić information content (AvgIpc) is 2.63. The maximum Gasteiger partial charge on any atom is 0.513 e. The van der Waals surface area contributed by atoms with Gasteiger partial charge < -0.3 is 19.7 Å². The Morgan fingerprint density at radius 1 is 1.12 bits per heavy atom. The summed E-state index contributed by atoms with van der Waals surface area (Å²) in [5, 5.41) is 3.02. The maximum atomic E-state index is 12.6. The molecule has 1 aromatic carbocycles. The molecule has 0 unspecified atom stereocenters. The van der Waals surface area contributed by atoms with E-state index in [9.17, 15) is 14.4 Å². The highest BCUT2D eigenvalue weighted by molar-refractivity contribution is 5.94. The van der Waals surface area contributed by atoms with Crippen molar-refractivity contribution in [2.75, 3.05) is 19.7 Å². The minimum atomic E-state index is -0.765. The number of hydrogen-bond donors (Lipinski definition) is 1. The third kappa shape index (κ3) is 5.75. The highest BCUT2D eigenvalue weighted by Crippen LogP contribution is 2.17. The third-order valence-corrected chi connectivity index (χ3v) is 4.19. The standard InChI is InChI=1S/C19H26N2O5/c1-3-5-17(22)20-15-10-12-21(13-11-15)18(23)14-6-8-16(9-7-14)26-19(24)25-4-2/h6-9,15H,3-5,10-13H2,1-2H3,(H,20,22). The van der Waals surface area contributed by atoms with Crippen molar-refractivity contribution < 1.29 is 23.9 Å². The van der Waals surface area contributed by atoms with Crippen molar-refractivity contribution in [3.8, 4) is 5.75 Å². The number of benzene rings is 1. The van der Waals surface area contributed by atoms with E-state index in [0.717, 1.165) is 19.3 Å². The monoisotopic (exact) mass is 362 g/mol. The second-order valence-electron chi connectivity index (χ2n) is 6.19. The van der Waals surface area contributed by atoms with Crippen molar-refractivity contribution in [3.63, 3.8) is 0 Å². The van der Waals surface area contributed by atoms with Crippen molar-refractivity contribution in [2.24, 2.45) is 0 Å². The van der Waals surface area contributed by atoms with Crippen LogP contribution < -0.4 is 10.1 Å². The van der Waals surface area contributed by atoms with Gasteiger partial charge >= 0.3 is 6.16 Å². The molecule has 0 aliphatic carbocycles. The third-order valence-electron chi connectivity index (χ3n) is 4.19. The van der Waals surface area contributed by atoms with Crippen LogP contribution >= 0.6 is 0 Å². The summed E-state index contributed by atoms with van der Waals surface area (Å²) >= 11 is 0. The molecule has 0 atom stereocenters.